The molecule has 1 aliphatic heterocycles. The highest BCUT2D eigenvalue weighted by Gasteiger charge is 2.34. The maximum absolute atomic E-state index is 13.7. The Labute approximate surface area is 168 Å². The van der Waals surface area contributed by atoms with Gasteiger partial charge in [0.15, 0.2) is 5.96 Å². The van der Waals surface area contributed by atoms with Crippen molar-refractivity contribution in [1.29, 1.82) is 0 Å². The molecular formula is C20H26F3N5O. The number of aromatic nitrogens is 2. The molecule has 0 saturated carbocycles. The third-order valence-corrected chi connectivity index (χ3v) is 4.84. The van der Waals surface area contributed by atoms with E-state index in [1.54, 1.807) is 13.1 Å². The van der Waals surface area contributed by atoms with E-state index in [1.165, 1.54) is 10.7 Å². The molecule has 2 heterocycles. The molecule has 1 aromatic carbocycles. The van der Waals surface area contributed by atoms with Crippen LogP contribution in [0.1, 0.15) is 35.4 Å². The van der Waals surface area contributed by atoms with Crippen molar-refractivity contribution in [3.05, 3.63) is 46.8 Å². The minimum absolute atomic E-state index is 0.00254. The summed E-state index contributed by atoms with van der Waals surface area (Å²) < 4.78 is 48.1. The Morgan fingerprint density at radius 2 is 2.07 bits per heavy atom. The zero-order valence-corrected chi connectivity index (χ0v) is 16.8. The van der Waals surface area contributed by atoms with E-state index in [2.05, 4.69) is 20.7 Å². The van der Waals surface area contributed by atoms with Crippen LogP contribution in [0.3, 0.4) is 0 Å². The summed E-state index contributed by atoms with van der Waals surface area (Å²) in [5.41, 5.74) is 1.36. The quantitative estimate of drug-likeness (QED) is 0.587. The van der Waals surface area contributed by atoms with Gasteiger partial charge in [-0.15, -0.1) is 0 Å². The number of benzene rings is 1. The van der Waals surface area contributed by atoms with Crippen molar-refractivity contribution in [2.24, 2.45) is 4.99 Å². The summed E-state index contributed by atoms with van der Waals surface area (Å²) in [6.45, 7) is 4.93. The lowest BCUT2D eigenvalue weighted by Crippen LogP contribution is -2.40. The molecule has 0 aliphatic carbocycles. The van der Waals surface area contributed by atoms with Crippen LogP contribution in [0.2, 0.25) is 0 Å². The minimum atomic E-state index is -4.47. The monoisotopic (exact) mass is 409 g/mol. The van der Waals surface area contributed by atoms with Crippen molar-refractivity contribution in [3.63, 3.8) is 0 Å². The third kappa shape index (κ3) is 5.29. The Balaban J connectivity index is 1.74. The van der Waals surface area contributed by atoms with Crippen LogP contribution in [0.15, 0.2) is 29.3 Å². The van der Waals surface area contributed by atoms with Gasteiger partial charge in [0.05, 0.1) is 23.0 Å². The van der Waals surface area contributed by atoms with E-state index in [0.29, 0.717) is 18.2 Å². The molecule has 0 amide bonds. The third-order valence-electron chi connectivity index (χ3n) is 4.84. The zero-order valence-electron chi connectivity index (χ0n) is 16.8. The van der Waals surface area contributed by atoms with E-state index >= 15 is 0 Å². The van der Waals surface area contributed by atoms with Gasteiger partial charge in [-0.25, -0.2) is 4.68 Å². The zero-order chi connectivity index (χ0) is 21.0. The van der Waals surface area contributed by atoms with E-state index in [0.717, 1.165) is 36.9 Å². The molecule has 29 heavy (non-hydrogen) atoms. The topological polar surface area (TPSA) is 63.5 Å². The average Bonchev–Trinajstić information content (AvgIpc) is 3.30. The number of hydrogen-bond donors (Lipinski definition) is 2. The van der Waals surface area contributed by atoms with E-state index < -0.39 is 11.7 Å². The number of halogens is 3. The SMILES string of the molecule is CN=C(NCc1ccc(-n2nc(C)cc2C)cc1C(F)(F)F)NCC1CCCO1. The minimum Gasteiger partial charge on any atom is -0.376 e. The fraction of sp³-hybridized carbons (Fsp3) is 0.500. The molecule has 3 rings (SSSR count). The van der Waals surface area contributed by atoms with Gasteiger partial charge in [-0.3, -0.25) is 4.99 Å². The van der Waals surface area contributed by atoms with Gasteiger partial charge in [-0.2, -0.15) is 18.3 Å². The van der Waals surface area contributed by atoms with Crippen LogP contribution in [0.25, 0.3) is 5.69 Å². The van der Waals surface area contributed by atoms with Crippen molar-refractivity contribution in [2.75, 3.05) is 20.2 Å². The van der Waals surface area contributed by atoms with E-state index in [1.807, 2.05) is 19.9 Å². The standard InChI is InChI=1S/C20H26F3N5O/c1-13-9-14(2)28(27-13)16-7-6-15(18(10-16)20(21,22)23)11-25-19(24-3)26-12-17-5-4-8-29-17/h6-7,9-10,17H,4-5,8,11-12H2,1-3H3,(H2,24,25,26). The summed E-state index contributed by atoms with van der Waals surface area (Å²) >= 11 is 0. The molecular weight excluding hydrogens is 383 g/mol. The number of nitrogens with zero attached hydrogens (tertiary/aromatic N) is 3. The van der Waals surface area contributed by atoms with Gasteiger partial charge >= 0.3 is 6.18 Å². The lowest BCUT2D eigenvalue weighted by Gasteiger charge is -2.18. The molecule has 6 nitrogen and oxygen atoms in total. The average molecular weight is 409 g/mol. The molecule has 1 atom stereocenters. The van der Waals surface area contributed by atoms with Crippen LogP contribution < -0.4 is 10.6 Å². The lowest BCUT2D eigenvalue weighted by atomic mass is 10.1. The number of aryl methyl sites for hydroxylation is 2. The summed E-state index contributed by atoms with van der Waals surface area (Å²) in [7, 11) is 1.58. The van der Waals surface area contributed by atoms with Gasteiger partial charge in [0.2, 0.25) is 0 Å². The van der Waals surface area contributed by atoms with Crippen molar-refractivity contribution in [3.8, 4) is 5.69 Å². The second-order valence-corrected chi connectivity index (χ2v) is 7.12. The van der Waals surface area contributed by atoms with Gasteiger partial charge in [0, 0.05) is 32.4 Å². The first-order valence-corrected chi connectivity index (χ1v) is 9.58. The Bertz CT molecular complexity index is 869. The van der Waals surface area contributed by atoms with Crippen molar-refractivity contribution in [1.82, 2.24) is 20.4 Å². The lowest BCUT2D eigenvalue weighted by molar-refractivity contribution is -0.138. The summed E-state index contributed by atoms with van der Waals surface area (Å²) in [6.07, 6.45) is -2.37. The van der Waals surface area contributed by atoms with Gasteiger partial charge < -0.3 is 15.4 Å². The molecule has 1 aromatic heterocycles. The molecule has 2 aromatic rings. The van der Waals surface area contributed by atoms with Crippen LogP contribution >= 0.6 is 0 Å². The Morgan fingerprint density at radius 1 is 1.28 bits per heavy atom. The summed E-state index contributed by atoms with van der Waals surface area (Å²) in [5.74, 6) is 0.441. The predicted molar refractivity (Wildman–Crippen MR) is 105 cm³/mol. The molecule has 0 radical (unpaired) electrons. The molecule has 0 spiro atoms. The highest BCUT2D eigenvalue weighted by Crippen LogP contribution is 2.33. The van der Waals surface area contributed by atoms with E-state index in [4.69, 9.17) is 4.74 Å². The summed E-state index contributed by atoms with van der Waals surface area (Å²) in [5, 5.41) is 10.3. The highest BCUT2D eigenvalue weighted by molar-refractivity contribution is 5.79. The fourth-order valence-electron chi connectivity index (χ4n) is 3.42. The number of rotatable bonds is 5. The van der Waals surface area contributed by atoms with Gasteiger partial charge in [0.25, 0.3) is 0 Å². The van der Waals surface area contributed by atoms with Crippen molar-refractivity contribution >= 4 is 5.96 Å². The number of alkyl halides is 3. The molecule has 1 saturated heterocycles. The maximum atomic E-state index is 13.7. The van der Waals surface area contributed by atoms with Crippen LogP contribution in [0.5, 0.6) is 0 Å². The predicted octanol–water partition coefficient (Wildman–Crippen LogP) is 3.35. The van der Waals surface area contributed by atoms with Crippen LogP contribution in [0, 0.1) is 13.8 Å². The number of ether oxygens (including phenoxy) is 1. The largest absolute Gasteiger partial charge is 0.416 e. The first kappa shape index (κ1) is 21.2. The van der Waals surface area contributed by atoms with Gasteiger partial charge in [-0.05, 0) is 50.5 Å². The van der Waals surface area contributed by atoms with Gasteiger partial charge in [0.1, 0.15) is 0 Å². The fourth-order valence-corrected chi connectivity index (χ4v) is 3.42. The molecule has 1 fully saturated rings. The van der Waals surface area contributed by atoms with Gasteiger partial charge in [-0.1, -0.05) is 6.07 Å². The van der Waals surface area contributed by atoms with Crippen molar-refractivity contribution < 1.29 is 17.9 Å². The molecule has 1 unspecified atom stereocenters. The molecule has 1 aliphatic rings. The normalized spacial score (nSPS) is 17.6. The first-order chi connectivity index (χ1) is 13.8. The Kier molecular flexibility index (Phi) is 6.46. The Morgan fingerprint density at radius 3 is 2.66 bits per heavy atom. The smallest absolute Gasteiger partial charge is 0.376 e. The van der Waals surface area contributed by atoms with E-state index in [-0.39, 0.29) is 18.2 Å². The van der Waals surface area contributed by atoms with Crippen LogP contribution in [0.4, 0.5) is 13.2 Å². The molecule has 2 N–H and O–H groups in total. The summed E-state index contributed by atoms with van der Waals surface area (Å²) in [4.78, 5) is 4.08. The van der Waals surface area contributed by atoms with E-state index in [9.17, 15) is 13.2 Å². The second kappa shape index (κ2) is 8.86. The number of nitrogens with one attached hydrogen (secondary N) is 2. The highest BCUT2D eigenvalue weighted by atomic mass is 19.4. The number of aliphatic imine (C=N–C) groups is 1. The summed E-state index contributed by atoms with van der Waals surface area (Å²) in [6, 6.07) is 6.09. The van der Waals surface area contributed by atoms with Crippen LogP contribution in [-0.4, -0.2) is 42.0 Å². The molecule has 158 valence electrons. The number of hydrogen-bond acceptors (Lipinski definition) is 3. The van der Waals surface area contributed by atoms with Crippen LogP contribution in [-0.2, 0) is 17.5 Å². The molecule has 0 bridgehead atoms. The molecule has 9 heteroatoms. The second-order valence-electron chi connectivity index (χ2n) is 7.12. The maximum Gasteiger partial charge on any atom is 0.416 e. The number of guanidine groups is 1. The Hall–Kier alpha value is -2.55. The first-order valence-electron chi connectivity index (χ1n) is 9.58. The van der Waals surface area contributed by atoms with Crippen molar-refractivity contribution in [2.45, 2.75) is 45.5 Å².